The van der Waals surface area contributed by atoms with Crippen LogP contribution in [0, 0.1) is 5.92 Å². The molecular weight excluding hydrogens is 302 g/mol. The van der Waals surface area contributed by atoms with Crippen LogP contribution in [0.1, 0.15) is 23.3 Å². The summed E-state index contributed by atoms with van der Waals surface area (Å²) in [5.41, 5.74) is 0.136. The second kappa shape index (κ2) is 6.41. The van der Waals surface area contributed by atoms with Gasteiger partial charge in [-0.3, -0.25) is 9.59 Å². The number of thioether (sulfide) groups is 1. The van der Waals surface area contributed by atoms with Crippen LogP contribution in [0.2, 0.25) is 5.02 Å². The molecule has 1 N–H and O–H groups in total. The molecule has 1 unspecified atom stereocenters. The van der Waals surface area contributed by atoms with Crippen molar-refractivity contribution in [3.8, 4) is 0 Å². The van der Waals surface area contributed by atoms with Crippen LogP contribution in [0.5, 0.6) is 0 Å². The molecule has 0 bridgehead atoms. The van der Waals surface area contributed by atoms with Gasteiger partial charge in [0.2, 0.25) is 0 Å². The minimum atomic E-state index is -0.874. The first-order valence-electron chi connectivity index (χ1n) is 6.11. The van der Waals surface area contributed by atoms with Gasteiger partial charge in [0.05, 0.1) is 17.1 Å². The standard InChI is InChI=1S/C12H14ClN3O3S/c1-20-12-14-5-8(13)9(15-12)10(17)16-4-2-3-7(6-16)11(18)19/h5,7H,2-4,6H2,1H3,(H,18,19). The van der Waals surface area contributed by atoms with Crippen molar-refractivity contribution >= 4 is 35.2 Å². The number of carboxylic acid groups (broad SMARTS) is 1. The van der Waals surface area contributed by atoms with Crippen molar-refractivity contribution in [1.29, 1.82) is 0 Å². The lowest BCUT2D eigenvalue weighted by atomic mass is 9.98. The fourth-order valence-electron chi connectivity index (χ4n) is 2.11. The highest BCUT2D eigenvalue weighted by Gasteiger charge is 2.30. The summed E-state index contributed by atoms with van der Waals surface area (Å²) in [6, 6.07) is 0. The van der Waals surface area contributed by atoms with Crippen molar-refractivity contribution < 1.29 is 14.7 Å². The van der Waals surface area contributed by atoms with E-state index in [4.69, 9.17) is 16.7 Å². The van der Waals surface area contributed by atoms with E-state index >= 15 is 0 Å². The number of aromatic nitrogens is 2. The summed E-state index contributed by atoms with van der Waals surface area (Å²) < 4.78 is 0. The Morgan fingerprint density at radius 3 is 2.95 bits per heavy atom. The quantitative estimate of drug-likeness (QED) is 0.676. The molecule has 0 spiro atoms. The van der Waals surface area contributed by atoms with Gasteiger partial charge in [-0.25, -0.2) is 9.97 Å². The zero-order valence-corrected chi connectivity index (χ0v) is 12.4. The monoisotopic (exact) mass is 315 g/mol. The van der Waals surface area contributed by atoms with Gasteiger partial charge in [0.1, 0.15) is 0 Å². The van der Waals surface area contributed by atoms with Gasteiger partial charge in [0, 0.05) is 13.1 Å². The van der Waals surface area contributed by atoms with Gasteiger partial charge < -0.3 is 10.0 Å². The van der Waals surface area contributed by atoms with Crippen LogP contribution in [-0.4, -0.2) is 51.2 Å². The number of piperidine rings is 1. The summed E-state index contributed by atoms with van der Waals surface area (Å²) in [5.74, 6) is -1.73. The second-order valence-electron chi connectivity index (χ2n) is 4.48. The van der Waals surface area contributed by atoms with Crippen LogP contribution in [0.3, 0.4) is 0 Å². The lowest BCUT2D eigenvalue weighted by Crippen LogP contribution is -2.42. The van der Waals surface area contributed by atoms with Crippen molar-refractivity contribution in [3.63, 3.8) is 0 Å². The van der Waals surface area contributed by atoms with E-state index in [1.54, 1.807) is 6.26 Å². The third-order valence-electron chi connectivity index (χ3n) is 3.16. The number of halogens is 1. The normalized spacial score (nSPS) is 18.9. The zero-order chi connectivity index (χ0) is 14.7. The maximum atomic E-state index is 12.4. The fraction of sp³-hybridized carbons (Fsp3) is 0.500. The molecule has 1 amide bonds. The van der Waals surface area contributed by atoms with Gasteiger partial charge in [0.25, 0.3) is 5.91 Å². The summed E-state index contributed by atoms with van der Waals surface area (Å²) in [5, 5.41) is 9.70. The Kier molecular flexibility index (Phi) is 4.82. The maximum absolute atomic E-state index is 12.4. The Morgan fingerprint density at radius 1 is 1.55 bits per heavy atom. The van der Waals surface area contributed by atoms with E-state index in [2.05, 4.69) is 9.97 Å². The Hall–Kier alpha value is -1.34. The molecule has 2 heterocycles. The zero-order valence-electron chi connectivity index (χ0n) is 10.9. The molecule has 0 saturated carbocycles. The molecule has 1 aromatic heterocycles. The highest BCUT2D eigenvalue weighted by molar-refractivity contribution is 7.98. The van der Waals surface area contributed by atoms with Crippen molar-refractivity contribution in [1.82, 2.24) is 14.9 Å². The molecule has 1 saturated heterocycles. The molecule has 108 valence electrons. The first-order valence-corrected chi connectivity index (χ1v) is 7.71. The lowest BCUT2D eigenvalue weighted by Gasteiger charge is -2.30. The SMILES string of the molecule is CSc1ncc(Cl)c(C(=O)N2CCCC(C(=O)O)C2)n1. The predicted molar refractivity (Wildman–Crippen MR) is 75.1 cm³/mol. The van der Waals surface area contributed by atoms with E-state index in [-0.39, 0.29) is 23.2 Å². The molecule has 6 nitrogen and oxygen atoms in total. The van der Waals surface area contributed by atoms with E-state index < -0.39 is 11.9 Å². The van der Waals surface area contributed by atoms with Crippen molar-refractivity contribution in [2.75, 3.05) is 19.3 Å². The largest absolute Gasteiger partial charge is 0.481 e. The Labute approximate surface area is 125 Å². The number of nitrogens with zero attached hydrogens (tertiary/aromatic N) is 3. The maximum Gasteiger partial charge on any atom is 0.308 e. The molecule has 1 aliphatic heterocycles. The van der Waals surface area contributed by atoms with Crippen LogP contribution in [0.4, 0.5) is 0 Å². The Balaban J connectivity index is 2.20. The number of hydrogen-bond donors (Lipinski definition) is 1. The molecule has 1 fully saturated rings. The highest BCUT2D eigenvalue weighted by atomic mass is 35.5. The average Bonchev–Trinajstić information content (AvgIpc) is 2.47. The number of carboxylic acids is 1. The number of amides is 1. The minimum absolute atomic E-state index is 0.136. The van der Waals surface area contributed by atoms with E-state index in [9.17, 15) is 9.59 Å². The minimum Gasteiger partial charge on any atom is -0.481 e. The molecule has 0 aromatic carbocycles. The number of carbonyl (C=O) groups excluding carboxylic acids is 1. The molecule has 8 heteroatoms. The number of carbonyl (C=O) groups is 2. The van der Waals surface area contributed by atoms with Crippen molar-refractivity contribution in [3.05, 3.63) is 16.9 Å². The molecular formula is C12H14ClN3O3S. The highest BCUT2D eigenvalue weighted by Crippen LogP contribution is 2.22. The second-order valence-corrected chi connectivity index (χ2v) is 5.66. The molecule has 0 aliphatic carbocycles. The van der Waals surface area contributed by atoms with E-state index in [1.165, 1.54) is 22.9 Å². The third-order valence-corrected chi connectivity index (χ3v) is 4.00. The van der Waals surface area contributed by atoms with Gasteiger partial charge in [-0.1, -0.05) is 23.4 Å². The van der Waals surface area contributed by atoms with Gasteiger partial charge in [-0.05, 0) is 19.1 Å². The van der Waals surface area contributed by atoms with E-state index in [0.717, 1.165) is 0 Å². The summed E-state index contributed by atoms with van der Waals surface area (Å²) >= 11 is 7.28. The summed E-state index contributed by atoms with van der Waals surface area (Å²) in [6.07, 6.45) is 4.46. The molecule has 0 radical (unpaired) electrons. The summed E-state index contributed by atoms with van der Waals surface area (Å²) in [6.45, 7) is 0.723. The van der Waals surface area contributed by atoms with E-state index in [0.29, 0.717) is 24.5 Å². The van der Waals surface area contributed by atoms with Crippen molar-refractivity contribution in [2.45, 2.75) is 18.0 Å². The molecule has 1 aliphatic rings. The van der Waals surface area contributed by atoms with Gasteiger partial charge >= 0.3 is 5.97 Å². The van der Waals surface area contributed by atoms with Crippen LogP contribution in [0.25, 0.3) is 0 Å². The van der Waals surface area contributed by atoms with Gasteiger partial charge in [0.15, 0.2) is 10.9 Å². The average molecular weight is 316 g/mol. The number of hydrogen-bond acceptors (Lipinski definition) is 5. The van der Waals surface area contributed by atoms with Crippen LogP contribution in [-0.2, 0) is 4.79 Å². The molecule has 2 rings (SSSR count). The molecule has 20 heavy (non-hydrogen) atoms. The Bertz CT molecular complexity index is 541. The van der Waals surface area contributed by atoms with Crippen LogP contribution in [0.15, 0.2) is 11.4 Å². The molecule has 1 atom stereocenters. The fourth-order valence-corrected chi connectivity index (χ4v) is 2.62. The Morgan fingerprint density at radius 2 is 2.30 bits per heavy atom. The first-order chi connectivity index (χ1) is 9.52. The predicted octanol–water partition coefficient (Wildman–Crippen LogP) is 1.79. The van der Waals surface area contributed by atoms with Crippen LogP contribution >= 0.6 is 23.4 Å². The smallest absolute Gasteiger partial charge is 0.308 e. The lowest BCUT2D eigenvalue weighted by molar-refractivity contribution is -0.143. The summed E-state index contributed by atoms with van der Waals surface area (Å²) in [7, 11) is 0. The first kappa shape index (κ1) is 15.1. The number of likely N-dealkylation sites (tertiary alicyclic amines) is 1. The number of aliphatic carboxylic acids is 1. The van der Waals surface area contributed by atoms with Crippen molar-refractivity contribution in [2.24, 2.45) is 5.92 Å². The third kappa shape index (κ3) is 3.21. The van der Waals surface area contributed by atoms with Crippen LogP contribution < -0.4 is 0 Å². The van der Waals surface area contributed by atoms with Gasteiger partial charge in [-0.15, -0.1) is 0 Å². The van der Waals surface area contributed by atoms with Gasteiger partial charge in [-0.2, -0.15) is 0 Å². The molecule has 1 aromatic rings. The number of rotatable bonds is 3. The van der Waals surface area contributed by atoms with E-state index in [1.807, 2.05) is 0 Å². The summed E-state index contributed by atoms with van der Waals surface area (Å²) in [4.78, 5) is 33.0. The topological polar surface area (TPSA) is 83.4 Å².